The van der Waals surface area contributed by atoms with E-state index in [1.807, 2.05) is 6.08 Å². The van der Waals surface area contributed by atoms with Gasteiger partial charge in [0, 0.05) is 6.42 Å². The first kappa shape index (κ1) is 60.2. The fourth-order valence-corrected chi connectivity index (χ4v) is 8.28. The van der Waals surface area contributed by atoms with Crippen molar-refractivity contribution in [3.63, 3.8) is 0 Å². The van der Waals surface area contributed by atoms with Gasteiger partial charge in [-0.05, 0) is 44.9 Å². The largest absolute Gasteiger partial charge is 0.454 e. The first-order valence-electron chi connectivity index (χ1n) is 26.6. The van der Waals surface area contributed by atoms with Crippen molar-refractivity contribution in [3.05, 3.63) is 24.3 Å². The maximum atomic E-state index is 13.3. The van der Waals surface area contributed by atoms with Gasteiger partial charge in [0.1, 0.15) is 24.4 Å². The number of carbonyl (C=O) groups is 2. The Morgan fingerprint density at radius 2 is 1.05 bits per heavy atom. The van der Waals surface area contributed by atoms with E-state index in [1.54, 1.807) is 6.08 Å². The number of aliphatic hydroxyl groups excluding tert-OH is 5. The number of esters is 1. The number of amides is 1. The molecule has 64 heavy (non-hydrogen) atoms. The van der Waals surface area contributed by atoms with Crippen LogP contribution in [0.15, 0.2) is 24.3 Å². The van der Waals surface area contributed by atoms with E-state index in [1.165, 1.54) is 122 Å². The fourth-order valence-electron chi connectivity index (χ4n) is 8.28. The maximum absolute atomic E-state index is 13.3. The van der Waals surface area contributed by atoms with Crippen molar-refractivity contribution in [1.82, 2.24) is 5.32 Å². The second kappa shape index (κ2) is 42.5. The third-order valence-electron chi connectivity index (χ3n) is 12.6. The highest BCUT2D eigenvalue weighted by molar-refractivity contribution is 5.80. The Kier molecular flexibility index (Phi) is 39.9. The standard InChI is InChI=1S/C53H99NO10/c1-4-7-10-13-16-19-22-24-26-29-32-35-38-41-48(58)64-51-50(60)49(59)47(42-55)63-53(51)62-43-44(45(56)39-36-33-30-28-25-23-20-17-14-11-8-5-2)54-52(61)46(57)40-37-34-31-27-21-18-15-12-9-6-3/h15,18,36,39,44-47,49-51,53,55-57,59-60H,4-14,16-17,19-35,37-38,40-43H2,1-3H3,(H,54,61)/b18-15-,39-36+. The predicted molar refractivity (Wildman–Crippen MR) is 260 cm³/mol. The lowest BCUT2D eigenvalue weighted by Crippen LogP contribution is -2.61. The normalized spacial score (nSPS) is 20.5. The van der Waals surface area contributed by atoms with E-state index in [-0.39, 0.29) is 19.4 Å². The molecule has 8 atom stereocenters. The second-order valence-electron chi connectivity index (χ2n) is 18.6. The quantitative estimate of drug-likeness (QED) is 0.0196. The van der Waals surface area contributed by atoms with Gasteiger partial charge >= 0.3 is 5.97 Å². The summed E-state index contributed by atoms with van der Waals surface area (Å²) in [5.41, 5.74) is 0. The van der Waals surface area contributed by atoms with Crippen LogP contribution in [-0.2, 0) is 23.8 Å². The highest BCUT2D eigenvalue weighted by Crippen LogP contribution is 2.26. The molecule has 1 amide bonds. The average molecular weight is 910 g/mol. The molecule has 376 valence electrons. The Labute approximate surface area is 391 Å². The van der Waals surface area contributed by atoms with Crippen molar-refractivity contribution >= 4 is 11.9 Å². The molecule has 0 aromatic heterocycles. The van der Waals surface area contributed by atoms with Crippen LogP contribution in [-0.4, -0.2) is 99.6 Å². The molecule has 1 heterocycles. The minimum Gasteiger partial charge on any atom is -0.454 e. The Balaban J connectivity index is 2.77. The summed E-state index contributed by atoms with van der Waals surface area (Å²) in [7, 11) is 0. The van der Waals surface area contributed by atoms with Crippen LogP contribution in [0.2, 0.25) is 0 Å². The lowest BCUT2D eigenvalue weighted by atomic mass is 9.99. The van der Waals surface area contributed by atoms with Crippen molar-refractivity contribution in [2.75, 3.05) is 13.2 Å². The summed E-state index contributed by atoms with van der Waals surface area (Å²) in [5, 5.41) is 56.5. The zero-order valence-electron chi connectivity index (χ0n) is 41.2. The van der Waals surface area contributed by atoms with Gasteiger partial charge < -0.3 is 45.1 Å². The summed E-state index contributed by atoms with van der Waals surface area (Å²) in [5.74, 6) is -1.20. The molecule has 8 unspecified atom stereocenters. The van der Waals surface area contributed by atoms with Crippen molar-refractivity contribution in [2.24, 2.45) is 0 Å². The fraction of sp³-hybridized carbons (Fsp3) is 0.887. The molecule has 0 radical (unpaired) electrons. The molecule has 1 aliphatic heterocycles. The van der Waals surface area contributed by atoms with Crippen LogP contribution in [0.4, 0.5) is 0 Å². The zero-order valence-corrected chi connectivity index (χ0v) is 41.2. The Morgan fingerprint density at radius 1 is 0.594 bits per heavy atom. The minimum absolute atomic E-state index is 0.127. The number of carbonyl (C=O) groups excluding carboxylic acids is 2. The molecule has 1 rings (SSSR count). The van der Waals surface area contributed by atoms with E-state index >= 15 is 0 Å². The highest BCUT2D eigenvalue weighted by atomic mass is 16.7. The van der Waals surface area contributed by atoms with Gasteiger partial charge in [-0.1, -0.05) is 212 Å². The van der Waals surface area contributed by atoms with Gasteiger partial charge in [0.15, 0.2) is 12.4 Å². The SMILES string of the molecule is CCCC/C=C\CCCCCCC(O)C(=O)NC(COC1OC(CO)C(O)C(O)C1OC(=O)CCCCCCCCCCCCCCC)C(O)/C=C/CCCCCCCCCCCC. The third kappa shape index (κ3) is 31.2. The van der Waals surface area contributed by atoms with Crippen LogP contribution in [0.1, 0.15) is 239 Å². The van der Waals surface area contributed by atoms with Crippen LogP contribution in [0.3, 0.4) is 0 Å². The molecule has 6 N–H and O–H groups in total. The molecule has 0 bridgehead atoms. The van der Waals surface area contributed by atoms with E-state index in [0.717, 1.165) is 70.6 Å². The lowest BCUT2D eigenvalue weighted by Gasteiger charge is -2.41. The molecule has 0 saturated carbocycles. The molecular formula is C53H99NO10. The van der Waals surface area contributed by atoms with Gasteiger partial charge in [0.2, 0.25) is 5.91 Å². The lowest BCUT2D eigenvalue weighted by molar-refractivity contribution is -0.305. The summed E-state index contributed by atoms with van der Waals surface area (Å²) < 4.78 is 17.5. The average Bonchev–Trinajstić information content (AvgIpc) is 3.29. The first-order valence-corrected chi connectivity index (χ1v) is 26.6. The number of unbranched alkanes of at least 4 members (excludes halogenated alkanes) is 28. The van der Waals surface area contributed by atoms with Crippen LogP contribution in [0.5, 0.6) is 0 Å². The second-order valence-corrected chi connectivity index (χ2v) is 18.6. The van der Waals surface area contributed by atoms with Crippen LogP contribution >= 0.6 is 0 Å². The Bertz CT molecular complexity index is 1140. The van der Waals surface area contributed by atoms with E-state index < -0.39 is 67.4 Å². The Morgan fingerprint density at radius 3 is 1.56 bits per heavy atom. The molecule has 11 heteroatoms. The monoisotopic (exact) mass is 910 g/mol. The molecule has 0 spiro atoms. The highest BCUT2D eigenvalue weighted by Gasteiger charge is 2.47. The van der Waals surface area contributed by atoms with Gasteiger partial charge in [0.25, 0.3) is 0 Å². The van der Waals surface area contributed by atoms with Crippen LogP contribution in [0, 0.1) is 0 Å². The molecular weight excluding hydrogens is 811 g/mol. The summed E-state index contributed by atoms with van der Waals surface area (Å²) in [6.45, 7) is 5.71. The minimum atomic E-state index is -1.61. The van der Waals surface area contributed by atoms with E-state index in [9.17, 15) is 35.1 Å². The molecule has 1 fully saturated rings. The van der Waals surface area contributed by atoms with Crippen LogP contribution in [0.25, 0.3) is 0 Å². The summed E-state index contributed by atoms with van der Waals surface area (Å²) in [6, 6.07) is -1.02. The smallest absolute Gasteiger partial charge is 0.306 e. The first-order chi connectivity index (χ1) is 31.2. The number of aliphatic hydroxyl groups is 5. The summed E-state index contributed by atoms with van der Waals surface area (Å²) in [6.07, 6.45) is 35.2. The number of nitrogens with one attached hydrogen (secondary N) is 1. The predicted octanol–water partition coefficient (Wildman–Crippen LogP) is 11.0. The van der Waals surface area contributed by atoms with Gasteiger partial charge in [-0.25, -0.2) is 0 Å². The van der Waals surface area contributed by atoms with Gasteiger partial charge in [-0.15, -0.1) is 0 Å². The molecule has 11 nitrogen and oxygen atoms in total. The molecule has 1 aliphatic rings. The van der Waals surface area contributed by atoms with Crippen molar-refractivity contribution in [2.45, 2.75) is 288 Å². The van der Waals surface area contributed by atoms with Crippen LogP contribution < -0.4 is 5.32 Å². The summed E-state index contributed by atoms with van der Waals surface area (Å²) in [4.78, 5) is 26.3. The van der Waals surface area contributed by atoms with Crippen molar-refractivity contribution < 1.29 is 49.3 Å². The molecule has 0 aromatic rings. The summed E-state index contributed by atoms with van der Waals surface area (Å²) >= 11 is 0. The van der Waals surface area contributed by atoms with Crippen molar-refractivity contribution in [1.29, 1.82) is 0 Å². The number of rotatable bonds is 44. The topological polar surface area (TPSA) is 175 Å². The van der Waals surface area contributed by atoms with Gasteiger partial charge in [-0.3, -0.25) is 9.59 Å². The molecule has 0 aromatic carbocycles. The molecule has 1 saturated heterocycles. The zero-order chi connectivity index (χ0) is 46.9. The third-order valence-corrected chi connectivity index (χ3v) is 12.6. The maximum Gasteiger partial charge on any atom is 0.306 e. The van der Waals surface area contributed by atoms with Gasteiger partial charge in [0.05, 0.1) is 25.4 Å². The van der Waals surface area contributed by atoms with E-state index in [4.69, 9.17) is 14.2 Å². The van der Waals surface area contributed by atoms with E-state index in [2.05, 4.69) is 38.2 Å². The van der Waals surface area contributed by atoms with Gasteiger partial charge in [-0.2, -0.15) is 0 Å². The number of ether oxygens (including phenoxy) is 3. The number of hydrogen-bond donors (Lipinski definition) is 6. The molecule has 0 aliphatic carbocycles. The number of hydrogen-bond acceptors (Lipinski definition) is 10. The van der Waals surface area contributed by atoms with E-state index in [0.29, 0.717) is 12.8 Å². The number of allylic oxidation sites excluding steroid dienone is 3. The van der Waals surface area contributed by atoms with Crippen molar-refractivity contribution in [3.8, 4) is 0 Å². The Hall–Kier alpha value is -1.86.